The van der Waals surface area contributed by atoms with Gasteiger partial charge >= 0.3 is 0 Å². The van der Waals surface area contributed by atoms with Crippen LogP contribution in [0, 0.1) is 6.92 Å². The first-order valence-corrected chi connectivity index (χ1v) is 7.58. The van der Waals surface area contributed by atoms with Crippen LogP contribution in [0.2, 0.25) is 5.02 Å². The summed E-state index contributed by atoms with van der Waals surface area (Å²) in [5.74, 6) is 1.29. The highest BCUT2D eigenvalue weighted by atomic mass is 35.5. The van der Waals surface area contributed by atoms with Gasteiger partial charge in [-0.05, 0) is 37.6 Å². The van der Waals surface area contributed by atoms with Crippen LogP contribution in [-0.4, -0.2) is 41.2 Å². The van der Waals surface area contributed by atoms with Crippen molar-refractivity contribution < 1.29 is 4.52 Å². The van der Waals surface area contributed by atoms with Crippen molar-refractivity contribution in [2.45, 2.75) is 19.9 Å². The van der Waals surface area contributed by atoms with E-state index in [-0.39, 0.29) is 6.04 Å². The van der Waals surface area contributed by atoms with Crippen molar-refractivity contribution in [3.8, 4) is 11.5 Å². The van der Waals surface area contributed by atoms with E-state index >= 15 is 0 Å². The van der Waals surface area contributed by atoms with Gasteiger partial charge in [-0.3, -0.25) is 4.90 Å². The Kier molecular flexibility index (Phi) is 4.24. The molecule has 1 unspecified atom stereocenters. The lowest BCUT2D eigenvalue weighted by Crippen LogP contribution is -2.44. The number of rotatable bonds is 3. The molecule has 1 aliphatic rings. The number of hydrogen-bond acceptors (Lipinski definition) is 5. The smallest absolute Gasteiger partial charge is 0.258 e. The molecular formula is C15H19ClN4O. The number of aryl methyl sites for hydroxylation is 1. The number of nitrogens with one attached hydrogen (secondary N) is 1. The van der Waals surface area contributed by atoms with Crippen LogP contribution in [0.4, 0.5) is 0 Å². The maximum absolute atomic E-state index is 5.98. The van der Waals surface area contributed by atoms with Gasteiger partial charge in [0, 0.05) is 36.8 Å². The molecule has 1 atom stereocenters. The van der Waals surface area contributed by atoms with E-state index in [4.69, 9.17) is 16.1 Å². The molecule has 1 aliphatic heterocycles. The van der Waals surface area contributed by atoms with E-state index in [9.17, 15) is 0 Å². The molecule has 1 fully saturated rings. The highest BCUT2D eigenvalue weighted by Crippen LogP contribution is 2.26. The predicted octanol–water partition coefficient (Wildman–Crippen LogP) is 2.66. The van der Waals surface area contributed by atoms with E-state index in [0.717, 1.165) is 43.1 Å². The van der Waals surface area contributed by atoms with Crippen LogP contribution in [-0.2, 0) is 0 Å². The molecule has 21 heavy (non-hydrogen) atoms. The van der Waals surface area contributed by atoms with Gasteiger partial charge in [0.15, 0.2) is 5.82 Å². The molecular weight excluding hydrogens is 288 g/mol. The van der Waals surface area contributed by atoms with E-state index in [1.807, 2.05) is 25.1 Å². The molecule has 0 radical (unpaired) electrons. The number of piperazine rings is 1. The van der Waals surface area contributed by atoms with Crippen LogP contribution >= 0.6 is 11.6 Å². The van der Waals surface area contributed by atoms with Crippen LogP contribution in [0.5, 0.6) is 0 Å². The maximum atomic E-state index is 5.98. The van der Waals surface area contributed by atoms with Crippen molar-refractivity contribution >= 4 is 11.6 Å². The second kappa shape index (κ2) is 6.13. The van der Waals surface area contributed by atoms with Gasteiger partial charge in [0.25, 0.3) is 5.89 Å². The Morgan fingerprint density at radius 3 is 2.81 bits per heavy atom. The minimum atomic E-state index is 0.164. The topological polar surface area (TPSA) is 54.2 Å². The molecule has 3 rings (SSSR count). The van der Waals surface area contributed by atoms with Crippen LogP contribution in [0.3, 0.4) is 0 Å². The van der Waals surface area contributed by atoms with E-state index in [1.165, 1.54) is 0 Å². The molecule has 0 bridgehead atoms. The number of nitrogens with zero attached hydrogens (tertiary/aromatic N) is 3. The normalized spacial score (nSPS) is 17.9. The van der Waals surface area contributed by atoms with E-state index in [1.54, 1.807) is 0 Å². The van der Waals surface area contributed by atoms with Gasteiger partial charge in [0.1, 0.15) is 0 Å². The Bertz CT molecular complexity index is 622. The number of halogens is 1. The van der Waals surface area contributed by atoms with Crippen molar-refractivity contribution in [1.29, 1.82) is 0 Å². The van der Waals surface area contributed by atoms with Crippen LogP contribution < -0.4 is 5.32 Å². The fourth-order valence-corrected chi connectivity index (χ4v) is 2.84. The third kappa shape index (κ3) is 3.10. The molecule has 0 spiro atoms. The summed E-state index contributed by atoms with van der Waals surface area (Å²) < 4.78 is 5.44. The zero-order chi connectivity index (χ0) is 14.8. The Hall–Kier alpha value is -1.43. The van der Waals surface area contributed by atoms with Gasteiger partial charge in [-0.15, -0.1) is 0 Å². The largest absolute Gasteiger partial charge is 0.334 e. The first-order valence-electron chi connectivity index (χ1n) is 7.20. The lowest BCUT2D eigenvalue weighted by Gasteiger charge is -2.30. The van der Waals surface area contributed by atoms with Crippen LogP contribution in [0.1, 0.15) is 24.4 Å². The second-order valence-electron chi connectivity index (χ2n) is 5.38. The fraction of sp³-hybridized carbons (Fsp3) is 0.467. The van der Waals surface area contributed by atoms with Crippen molar-refractivity contribution in [1.82, 2.24) is 20.4 Å². The first kappa shape index (κ1) is 14.5. The van der Waals surface area contributed by atoms with Crippen molar-refractivity contribution in [3.05, 3.63) is 34.6 Å². The zero-order valence-corrected chi connectivity index (χ0v) is 13.0. The molecule has 0 aliphatic carbocycles. The lowest BCUT2D eigenvalue weighted by atomic mass is 10.1. The monoisotopic (exact) mass is 306 g/mol. The molecule has 1 saturated heterocycles. The molecule has 0 saturated carbocycles. The minimum Gasteiger partial charge on any atom is -0.334 e. The van der Waals surface area contributed by atoms with Gasteiger partial charge < -0.3 is 9.84 Å². The first-order chi connectivity index (χ1) is 10.1. The molecule has 112 valence electrons. The van der Waals surface area contributed by atoms with Gasteiger partial charge in [0.05, 0.1) is 6.04 Å². The average molecular weight is 307 g/mol. The summed E-state index contributed by atoms with van der Waals surface area (Å²) in [6.45, 7) is 8.13. The van der Waals surface area contributed by atoms with Gasteiger partial charge in [-0.25, -0.2) is 0 Å². The Morgan fingerprint density at radius 2 is 2.10 bits per heavy atom. The molecule has 2 aromatic rings. The SMILES string of the molecule is Cc1cc(Cl)ccc1-c1nc(C(C)N2CCNCC2)no1. The highest BCUT2D eigenvalue weighted by Gasteiger charge is 2.23. The zero-order valence-electron chi connectivity index (χ0n) is 12.3. The van der Waals surface area contributed by atoms with Crippen molar-refractivity contribution in [2.75, 3.05) is 26.2 Å². The minimum absolute atomic E-state index is 0.164. The van der Waals surface area contributed by atoms with E-state index < -0.39 is 0 Å². The summed E-state index contributed by atoms with van der Waals surface area (Å²) in [4.78, 5) is 6.92. The summed E-state index contributed by atoms with van der Waals surface area (Å²) >= 11 is 5.98. The van der Waals surface area contributed by atoms with Gasteiger partial charge in [-0.1, -0.05) is 16.8 Å². The number of aromatic nitrogens is 2. The molecule has 6 heteroatoms. The third-order valence-electron chi connectivity index (χ3n) is 3.93. The standard InChI is InChI=1S/C15H19ClN4O/c1-10-9-12(16)3-4-13(10)15-18-14(19-21-15)11(2)20-7-5-17-6-8-20/h3-4,9,11,17H,5-8H2,1-2H3. The van der Waals surface area contributed by atoms with Crippen molar-refractivity contribution in [2.24, 2.45) is 0 Å². The Balaban J connectivity index is 1.82. The fourth-order valence-electron chi connectivity index (χ4n) is 2.61. The number of benzene rings is 1. The molecule has 1 aromatic carbocycles. The Labute approximate surface area is 129 Å². The highest BCUT2D eigenvalue weighted by molar-refractivity contribution is 6.30. The summed E-state index contributed by atoms with van der Waals surface area (Å²) in [5, 5.41) is 8.21. The summed E-state index contributed by atoms with van der Waals surface area (Å²) in [7, 11) is 0. The quantitative estimate of drug-likeness (QED) is 0.945. The van der Waals surface area contributed by atoms with Crippen LogP contribution in [0.15, 0.2) is 22.7 Å². The maximum Gasteiger partial charge on any atom is 0.258 e. The third-order valence-corrected chi connectivity index (χ3v) is 4.17. The molecule has 2 heterocycles. The van der Waals surface area contributed by atoms with Crippen molar-refractivity contribution in [3.63, 3.8) is 0 Å². The summed E-state index contributed by atoms with van der Waals surface area (Å²) in [5.41, 5.74) is 1.97. The number of hydrogen-bond donors (Lipinski definition) is 1. The van der Waals surface area contributed by atoms with E-state index in [2.05, 4.69) is 27.3 Å². The molecule has 0 amide bonds. The molecule has 1 N–H and O–H groups in total. The van der Waals surface area contributed by atoms with Gasteiger partial charge in [0.2, 0.25) is 0 Å². The van der Waals surface area contributed by atoms with Crippen LogP contribution in [0.25, 0.3) is 11.5 Å². The molecule has 5 nitrogen and oxygen atoms in total. The lowest BCUT2D eigenvalue weighted by molar-refractivity contribution is 0.176. The molecule has 1 aromatic heterocycles. The average Bonchev–Trinajstić information content (AvgIpc) is 2.97. The Morgan fingerprint density at radius 1 is 1.33 bits per heavy atom. The summed E-state index contributed by atoms with van der Waals surface area (Å²) in [6.07, 6.45) is 0. The second-order valence-corrected chi connectivity index (χ2v) is 5.82. The van der Waals surface area contributed by atoms with Gasteiger partial charge in [-0.2, -0.15) is 4.98 Å². The predicted molar refractivity (Wildman–Crippen MR) is 82.3 cm³/mol. The summed E-state index contributed by atoms with van der Waals surface area (Å²) in [6, 6.07) is 5.83. The van der Waals surface area contributed by atoms with E-state index in [0.29, 0.717) is 10.9 Å².